The third-order valence-corrected chi connectivity index (χ3v) is 7.79. The average molecular weight is 719 g/mol. The number of para-hydroxylation sites is 4. The smallest absolute Gasteiger partial charge is 0.266 e. The summed E-state index contributed by atoms with van der Waals surface area (Å²) in [6.45, 7) is 0. The minimum Gasteiger partial charge on any atom is -0.507 e. The molecule has 0 aliphatic heterocycles. The van der Waals surface area contributed by atoms with Gasteiger partial charge in [-0.1, -0.05) is 72.8 Å². The number of hydrogen-bond donors (Lipinski definition) is 6. The highest BCUT2D eigenvalue weighted by Gasteiger charge is 2.17. The Bertz CT molecular complexity index is 2350. The van der Waals surface area contributed by atoms with Crippen LogP contribution in [-0.2, 0) is 0 Å². The number of aromatic nitrogens is 6. The molecule has 2 aromatic heterocycles. The predicted octanol–water partition coefficient (Wildman–Crippen LogP) is 5.68. The third-order valence-electron chi connectivity index (χ3n) is 7.79. The van der Waals surface area contributed by atoms with Crippen molar-refractivity contribution in [2.24, 2.45) is 20.4 Å². The molecule has 0 saturated heterocycles. The molecular formula is C38H30N12O4. The van der Waals surface area contributed by atoms with Gasteiger partial charge in [0, 0.05) is 33.4 Å². The zero-order valence-corrected chi connectivity index (χ0v) is 28.1. The largest absolute Gasteiger partial charge is 0.507 e. The van der Waals surface area contributed by atoms with Gasteiger partial charge < -0.3 is 20.4 Å². The number of hydrogen-bond acceptors (Lipinski definition) is 14. The van der Waals surface area contributed by atoms with Crippen molar-refractivity contribution in [2.75, 3.05) is 10.9 Å². The molecule has 16 heteroatoms. The number of nitrogens with zero attached hydrogens (tertiary/aromatic N) is 10. The van der Waals surface area contributed by atoms with E-state index in [1.165, 1.54) is 34.2 Å². The molecule has 0 fully saturated rings. The summed E-state index contributed by atoms with van der Waals surface area (Å²) in [7, 11) is 0. The second kappa shape index (κ2) is 15.8. The first kappa shape index (κ1) is 34.3. The lowest BCUT2D eigenvalue weighted by atomic mass is 10.1. The summed E-state index contributed by atoms with van der Waals surface area (Å²) in [6.07, 6.45) is 5.81. The van der Waals surface area contributed by atoms with Crippen LogP contribution in [0.1, 0.15) is 22.3 Å². The second-order valence-electron chi connectivity index (χ2n) is 11.4. The summed E-state index contributed by atoms with van der Waals surface area (Å²) in [5, 5.41) is 75.6. The molecule has 0 atom stereocenters. The highest BCUT2D eigenvalue weighted by Crippen LogP contribution is 2.27. The van der Waals surface area contributed by atoms with E-state index < -0.39 is 0 Å². The van der Waals surface area contributed by atoms with Crippen LogP contribution in [0.3, 0.4) is 0 Å². The number of anilines is 2. The van der Waals surface area contributed by atoms with Crippen LogP contribution in [0.4, 0.5) is 11.9 Å². The highest BCUT2D eigenvalue weighted by molar-refractivity contribution is 5.86. The van der Waals surface area contributed by atoms with Gasteiger partial charge in [0.25, 0.3) is 11.9 Å². The van der Waals surface area contributed by atoms with Gasteiger partial charge in [-0.3, -0.25) is 0 Å². The summed E-state index contributed by atoms with van der Waals surface area (Å²) >= 11 is 0. The Balaban J connectivity index is 1.21. The maximum atomic E-state index is 10.3. The van der Waals surface area contributed by atoms with Gasteiger partial charge in [0.2, 0.25) is 0 Å². The molecule has 0 saturated carbocycles. The normalized spacial score (nSPS) is 11.7. The van der Waals surface area contributed by atoms with Crippen LogP contribution in [0.25, 0.3) is 22.8 Å². The van der Waals surface area contributed by atoms with Gasteiger partial charge in [-0.25, -0.2) is 10.9 Å². The molecule has 2 heterocycles. The van der Waals surface area contributed by atoms with Crippen molar-refractivity contribution in [1.82, 2.24) is 29.7 Å². The molecule has 6 N–H and O–H groups in total. The molecule has 0 spiro atoms. The summed E-state index contributed by atoms with van der Waals surface area (Å²) in [5.74, 6) is 1.20. The van der Waals surface area contributed by atoms with Gasteiger partial charge in [-0.2, -0.15) is 29.8 Å². The van der Waals surface area contributed by atoms with Crippen LogP contribution in [0.5, 0.6) is 23.0 Å². The minimum atomic E-state index is 0.0410. The maximum Gasteiger partial charge on any atom is 0.266 e. The number of hydrazone groups is 2. The molecule has 16 nitrogen and oxygen atoms in total. The topological polar surface area (TPSA) is 216 Å². The SMILES string of the molecule is Oc1ccccc1/C=N/Nc1nnc(-c2ccc(-c3nnc(N/N=C/c4ccccc4O)n3/N=C/c3ccccc3O)cc2)n1/N=C/c1ccccc1O. The first-order chi connectivity index (χ1) is 26.4. The van der Waals surface area contributed by atoms with E-state index in [4.69, 9.17) is 0 Å². The van der Waals surface area contributed by atoms with Gasteiger partial charge in [0.15, 0.2) is 11.6 Å². The van der Waals surface area contributed by atoms with Gasteiger partial charge in [0.05, 0.1) is 24.9 Å². The first-order valence-electron chi connectivity index (χ1n) is 16.2. The Morgan fingerprint density at radius 3 is 1.06 bits per heavy atom. The van der Waals surface area contributed by atoms with Crippen LogP contribution in [0.2, 0.25) is 0 Å². The number of phenolic OH excluding ortho intramolecular Hbond substituents is 4. The van der Waals surface area contributed by atoms with Crippen molar-refractivity contribution in [3.8, 4) is 45.8 Å². The standard InChI is InChI=1S/C38H30N12O4/c51-31-13-5-1-9-27(31)21-39-45-37-47-43-35(49(37)41-23-29-11-3-7-15-33(29)53)25-17-19-26(20-18-25)36-44-48-38(46-40-22-28-10-2-6-14-32(28)52)50(36)42-24-30-12-4-8-16-34(30)54/h1-24,51-54H,(H,45,47)(H,46,48)/b39-21+,40-22+,41-23+,42-24+. The number of benzene rings is 5. The van der Waals surface area contributed by atoms with E-state index >= 15 is 0 Å². The molecule has 0 unspecified atom stereocenters. The fraction of sp³-hybridized carbons (Fsp3) is 0. The number of aromatic hydroxyl groups is 4. The van der Waals surface area contributed by atoms with Gasteiger partial charge in [-0.15, -0.1) is 20.4 Å². The summed E-state index contributed by atoms with van der Waals surface area (Å²) in [6, 6.07) is 34.1. The Morgan fingerprint density at radius 1 is 0.407 bits per heavy atom. The van der Waals surface area contributed by atoms with Crippen LogP contribution in [-0.4, -0.2) is 75.0 Å². The van der Waals surface area contributed by atoms with Crippen LogP contribution in [0.15, 0.2) is 142 Å². The molecule has 0 aliphatic carbocycles. The molecule has 7 aromatic rings. The molecule has 54 heavy (non-hydrogen) atoms. The number of nitrogens with one attached hydrogen (secondary N) is 2. The quantitative estimate of drug-likeness (QED) is 0.0671. The average Bonchev–Trinajstić information content (AvgIpc) is 3.79. The predicted molar refractivity (Wildman–Crippen MR) is 205 cm³/mol. The number of rotatable bonds is 12. The Hall–Kier alpha value is -8.14. The maximum absolute atomic E-state index is 10.3. The molecule has 0 amide bonds. The molecule has 5 aromatic carbocycles. The lowest BCUT2D eigenvalue weighted by Crippen LogP contribution is -2.02. The molecular weight excluding hydrogens is 688 g/mol. The monoisotopic (exact) mass is 718 g/mol. The van der Waals surface area contributed by atoms with Crippen molar-refractivity contribution in [1.29, 1.82) is 0 Å². The lowest BCUT2D eigenvalue weighted by molar-refractivity contribution is 0.474. The molecule has 0 bridgehead atoms. The third kappa shape index (κ3) is 7.77. The van der Waals surface area contributed by atoms with E-state index in [9.17, 15) is 20.4 Å². The number of phenols is 4. The van der Waals surface area contributed by atoms with Crippen molar-refractivity contribution in [3.63, 3.8) is 0 Å². The van der Waals surface area contributed by atoms with Crippen molar-refractivity contribution in [3.05, 3.63) is 144 Å². The highest BCUT2D eigenvalue weighted by atomic mass is 16.3. The summed E-state index contributed by atoms with van der Waals surface area (Å²) in [4.78, 5) is 0. The van der Waals surface area contributed by atoms with Crippen LogP contribution >= 0.6 is 0 Å². The van der Waals surface area contributed by atoms with E-state index in [-0.39, 0.29) is 34.9 Å². The van der Waals surface area contributed by atoms with Crippen molar-refractivity contribution < 1.29 is 20.4 Å². The zero-order valence-electron chi connectivity index (χ0n) is 28.1. The van der Waals surface area contributed by atoms with Crippen LogP contribution < -0.4 is 10.9 Å². The Labute approximate surface area is 307 Å². The Morgan fingerprint density at radius 2 is 0.722 bits per heavy atom. The van der Waals surface area contributed by atoms with E-state index in [0.717, 1.165) is 0 Å². The molecule has 7 rings (SSSR count). The van der Waals surface area contributed by atoms with E-state index in [1.54, 1.807) is 121 Å². The van der Waals surface area contributed by atoms with Gasteiger partial charge in [0.1, 0.15) is 23.0 Å². The van der Waals surface area contributed by atoms with Crippen molar-refractivity contribution in [2.45, 2.75) is 0 Å². The molecule has 0 aliphatic rings. The van der Waals surface area contributed by atoms with Crippen LogP contribution in [0, 0.1) is 0 Å². The zero-order chi connectivity index (χ0) is 37.3. The van der Waals surface area contributed by atoms with E-state index in [2.05, 4.69) is 51.7 Å². The first-order valence-corrected chi connectivity index (χ1v) is 16.2. The van der Waals surface area contributed by atoms with Gasteiger partial charge >= 0.3 is 0 Å². The fourth-order valence-corrected chi connectivity index (χ4v) is 4.99. The minimum absolute atomic E-state index is 0.0410. The fourth-order valence-electron chi connectivity index (χ4n) is 4.99. The van der Waals surface area contributed by atoms with Crippen molar-refractivity contribution >= 4 is 36.8 Å². The van der Waals surface area contributed by atoms with Gasteiger partial charge in [-0.05, 0) is 48.5 Å². The molecule has 266 valence electrons. The van der Waals surface area contributed by atoms with E-state index in [1.807, 2.05) is 0 Å². The second-order valence-corrected chi connectivity index (χ2v) is 11.4. The lowest BCUT2D eigenvalue weighted by Gasteiger charge is -2.07. The summed E-state index contributed by atoms with van der Waals surface area (Å²) < 4.78 is 2.85. The Kier molecular flexibility index (Phi) is 10.1. The molecule has 0 radical (unpaired) electrons. The van der Waals surface area contributed by atoms with E-state index in [0.29, 0.717) is 45.0 Å². The summed E-state index contributed by atoms with van der Waals surface area (Å²) in [5.41, 5.74) is 8.79.